The predicted molar refractivity (Wildman–Crippen MR) is 115 cm³/mol. The Labute approximate surface area is 179 Å². The number of halogens is 1. The SMILES string of the molecule is Cc1ccc(S(=O)(=O)O[N+]2(C)C(c3ccccc3)CC(Cl)C3CCCCC32)cc1. The van der Waals surface area contributed by atoms with Crippen LogP contribution in [0.4, 0.5) is 0 Å². The number of alkyl halides is 1. The zero-order valence-electron chi connectivity index (χ0n) is 17.0. The van der Waals surface area contributed by atoms with Crippen molar-refractivity contribution in [3.8, 4) is 0 Å². The minimum atomic E-state index is -3.91. The summed E-state index contributed by atoms with van der Waals surface area (Å²) >= 11 is 6.85. The average Bonchev–Trinajstić information content (AvgIpc) is 2.71. The topological polar surface area (TPSA) is 43.4 Å². The van der Waals surface area contributed by atoms with E-state index in [1.807, 2.05) is 32.2 Å². The van der Waals surface area contributed by atoms with Crippen molar-refractivity contribution in [1.29, 1.82) is 0 Å². The van der Waals surface area contributed by atoms with Crippen molar-refractivity contribution in [1.82, 2.24) is 0 Å². The van der Waals surface area contributed by atoms with Crippen molar-refractivity contribution in [2.24, 2.45) is 5.92 Å². The summed E-state index contributed by atoms with van der Waals surface area (Å²) in [4.78, 5) is 0.203. The predicted octanol–water partition coefficient (Wildman–Crippen LogP) is 5.37. The standard InChI is InChI=1S/C23H29ClNO3S/c1-17-12-14-19(15-13-17)29(26,27)28-25(2)22-11-7-6-10-20(22)21(24)16-23(25)18-8-4-3-5-9-18/h3-5,8-9,12-15,20-23H,6-7,10-11,16H2,1-2H3/q+1. The first-order valence-corrected chi connectivity index (χ1v) is 12.2. The molecule has 4 nitrogen and oxygen atoms in total. The zero-order chi connectivity index (χ0) is 20.6. The van der Waals surface area contributed by atoms with Crippen LogP contribution in [0.3, 0.4) is 0 Å². The van der Waals surface area contributed by atoms with Crippen LogP contribution < -0.4 is 0 Å². The maximum atomic E-state index is 13.3. The molecule has 5 unspecified atom stereocenters. The first kappa shape index (κ1) is 20.9. The third-order valence-corrected chi connectivity index (χ3v) is 8.59. The summed E-state index contributed by atoms with van der Waals surface area (Å²) in [6, 6.07) is 16.9. The van der Waals surface area contributed by atoms with Gasteiger partial charge in [-0.15, -0.1) is 11.6 Å². The molecule has 0 aromatic heterocycles. The summed E-state index contributed by atoms with van der Waals surface area (Å²) in [5, 5.41) is 0.0300. The molecule has 29 heavy (non-hydrogen) atoms. The minimum Gasteiger partial charge on any atom is -0.189 e. The van der Waals surface area contributed by atoms with Crippen LogP contribution in [-0.4, -0.2) is 31.5 Å². The van der Waals surface area contributed by atoms with Crippen LogP contribution in [0.5, 0.6) is 0 Å². The highest BCUT2D eigenvalue weighted by molar-refractivity contribution is 7.86. The van der Waals surface area contributed by atoms with Gasteiger partial charge >= 0.3 is 10.1 Å². The number of hydrogen-bond acceptors (Lipinski definition) is 3. The van der Waals surface area contributed by atoms with Crippen LogP contribution in [0.1, 0.15) is 49.3 Å². The molecule has 1 saturated heterocycles. The molecule has 5 atom stereocenters. The second-order valence-electron chi connectivity index (χ2n) is 8.59. The third-order valence-electron chi connectivity index (χ3n) is 6.72. The fourth-order valence-corrected chi connectivity index (χ4v) is 6.86. The van der Waals surface area contributed by atoms with E-state index < -0.39 is 10.1 Å². The number of nitrogens with zero attached hydrogens (tertiary/aromatic N) is 1. The van der Waals surface area contributed by atoms with E-state index in [-0.39, 0.29) is 32.9 Å². The summed E-state index contributed by atoms with van der Waals surface area (Å²) in [6.07, 6.45) is 4.88. The molecule has 2 aromatic carbocycles. The van der Waals surface area contributed by atoms with Crippen LogP contribution in [-0.2, 0) is 14.4 Å². The van der Waals surface area contributed by atoms with Gasteiger partial charge in [0.05, 0.1) is 4.90 Å². The van der Waals surface area contributed by atoms with Crippen molar-refractivity contribution in [3.63, 3.8) is 0 Å². The first-order valence-electron chi connectivity index (χ1n) is 10.4. The molecule has 0 bridgehead atoms. The van der Waals surface area contributed by atoms with Gasteiger partial charge in [-0.2, -0.15) is 13.1 Å². The van der Waals surface area contributed by atoms with Crippen molar-refractivity contribution in [3.05, 3.63) is 65.7 Å². The molecule has 4 rings (SSSR count). The molecule has 1 saturated carbocycles. The highest BCUT2D eigenvalue weighted by atomic mass is 35.5. The normalized spacial score (nSPS) is 32.5. The monoisotopic (exact) mass is 434 g/mol. The Bertz CT molecular complexity index is 948. The number of rotatable bonds is 4. The Morgan fingerprint density at radius 3 is 2.34 bits per heavy atom. The number of quaternary nitrogens is 1. The quantitative estimate of drug-likeness (QED) is 0.479. The number of benzene rings is 2. The van der Waals surface area contributed by atoms with Gasteiger partial charge < -0.3 is 0 Å². The molecule has 0 amide bonds. The highest BCUT2D eigenvalue weighted by Gasteiger charge is 2.57. The summed E-state index contributed by atoms with van der Waals surface area (Å²) < 4.78 is 32.7. The summed E-state index contributed by atoms with van der Waals surface area (Å²) in [5.41, 5.74) is 2.09. The fourth-order valence-electron chi connectivity index (χ4n) is 5.20. The molecule has 2 aromatic rings. The number of fused-ring (bicyclic) bond motifs is 1. The molecule has 0 radical (unpaired) electrons. The van der Waals surface area contributed by atoms with Crippen LogP contribution in [0.15, 0.2) is 59.5 Å². The van der Waals surface area contributed by atoms with Crippen molar-refractivity contribution in [2.45, 2.75) is 61.4 Å². The lowest BCUT2D eigenvalue weighted by Gasteiger charge is -2.52. The molecule has 2 fully saturated rings. The average molecular weight is 435 g/mol. The zero-order valence-corrected chi connectivity index (χ0v) is 18.6. The molecule has 0 spiro atoms. The van der Waals surface area contributed by atoms with Crippen LogP contribution in [0.25, 0.3) is 0 Å². The molecule has 0 N–H and O–H groups in total. The Morgan fingerprint density at radius 2 is 1.66 bits per heavy atom. The molecule has 1 aliphatic heterocycles. The molecule has 2 aliphatic rings. The van der Waals surface area contributed by atoms with E-state index in [0.717, 1.165) is 36.8 Å². The van der Waals surface area contributed by atoms with Crippen LogP contribution >= 0.6 is 11.6 Å². The number of piperidine rings is 1. The van der Waals surface area contributed by atoms with Gasteiger partial charge in [-0.05, 0) is 31.9 Å². The Morgan fingerprint density at radius 1 is 1.00 bits per heavy atom. The number of aryl methyl sites for hydroxylation is 1. The van der Waals surface area contributed by atoms with E-state index in [1.165, 1.54) is 0 Å². The van der Waals surface area contributed by atoms with Crippen molar-refractivity contribution < 1.29 is 17.3 Å². The summed E-state index contributed by atoms with van der Waals surface area (Å²) in [7, 11) is -1.98. The van der Waals surface area contributed by atoms with Gasteiger partial charge in [0, 0.05) is 29.7 Å². The van der Waals surface area contributed by atoms with Gasteiger partial charge in [-0.25, -0.2) is 0 Å². The smallest absolute Gasteiger partial charge is 0.189 e. The Kier molecular flexibility index (Phi) is 5.77. The maximum absolute atomic E-state index is 13.3. The number of hydroxylamine groups is 3. The van der Waals surface area contributed by atoms with E-state index in [0.29, 0.717) is 6.42 Å². The van der Waals surface area contributed by atoms with Gasteiger partial charge in [-0.1, -0.05) is 58.7 Å². The second-order valence-corrected chi connectivity index (χ2v) is 10.7. The Hall–Kier alpha value is -1.40. The Balaban J connectivity index is 1.76. The van der Waals surface area contributed by atoms with Gasteiger partial charge in [0.1, 0.15) is 19.1 Å². The number of likely N-dealkylation sites (tertiary alicyclic amines) is 1. The summed E-state index contributed by atoms with van der Waals surface area (Å²) in [6.45, 7) is 1.94. The highest BCUT2D eigenvalue weighted by Crippen LogP contribution is 2.50. The van der Waals surface area contributed by atoms with Gasteiger partial charge in [0.25, 0.3) is 0 Å². The van der Waals surface area contributed by atoms with Crippen LogP contribution in [0, 0.1) is 12.8 Å². The van der Waals surface area contributed by atoms with Gasteiger partial charge in [0.2, 0.25) is 0 Å². The van der Waals surface area contributed by atoms with Crippen molar-refractivity contribution >= 4 is 21.7 Å². The fraction of sp³-hybridized carbons (Fsp3) is 0.478. The van der Waals surface area contributed by atoms with Crippen LogP contribution in [0.2, 0.25) is 0 Å². The third kappa shape index (κ3) is 3.98. The molecule has 1 heterocycles. The van der Waals surface area contributed by atoms with E-state index in [9.17, 15) is 8.42 Å². The minimum absolute atomic E-state index is 0.0300. The lowest BCUT2D eigenvalue weighted by Crippen LogP contribution is -2.63. The largest absolute Gasteiger partial charge is 0.342 e. The molecular formula is C23H29ClNO3S+. The molecule has 1 aliphatic carbocycles. The van der Waals surface area contributed by atoms with E-state index in [4.69, 9.17) is 15.9 Å². The maximum Gasteiger partial charge on any atom is 0.342 e. The van der Waals surface area contributed by atoms with Gasteiger partial charge in [-0.3, -0.25) is 0 Å². The first-order chi connectivity index (χ1) is 13.8. The summed E-state index contributed by atoms with van der Waals surface area (Å²) in [5.74, 6) is 0.267. The lowest BCUT2D eigenvalue weighted by atomic mass is 9.74. The molecule has 6 heteroatoms. The van der Waals surface area contributed by atoms with Crippen molar-refractivity contribution in [2.75, 3.05) is 7.05 Å². The van der Waals surface area contributed by atoms with E-state index >= 15 is 0 Å². The number of hydrogen-bond donors (Lipinski definition) is 0. The molecular weight excluding hydrogens is 406 g/mol. The molecule has 156 valence electrons. The van der Waals surface area contributed by atoms with E-state index in [1.54, 1.807) is 24.3 Å². The van der Waals surface area contributed by atoms with E-state index in [2.05, 4.69) is 12.1 Å². The lowest BCUT2D eigenvalue weighted by molar-refractivity contribution is -1.11. The second kappa shape index (κ2) is 8.03. The van der Waals surface area contributed by atoms with Gasteiger partial charge in [0.15, 0.2) is 0 Å².